The van der Waals surface area contributed by atoms with Crippen LogP contribution in [0, 0.1) is 0 Å². The molecule has 4 nitrogen and oxygen atoms in total. The predicted molar refractivity (Wildman–Crippen MR) is 75.5 cm³/mol. The molecule has 3 rings (SSSR count). The number of halogens is 3. The van der Waals surface area contributed by atoms with Gasteiger partial charge < -0.3 is 9.64 Å². The van der Waals surface area contributed by atoms with Crippen molar-refractivity contribution in [1.29, 1.82) is 0 Å². The molecule has 0 saturated carbocycles. The number of nitrogens with zero attached hydrogens (tertiary/aromatic N) is 3. The largest absolute Gasteiger partial charge is 0.433 e. The Morgan fingerprint density at radius 1 is 1.23 bits per heavy atom. The molecule has 0 atom stereocenters. The van der Waals surface area contributed by atoms with E-state index in [0.29, 0.717) is 25.5 Å². The van der Waals surface area contributed by atoms with Crippen molar-refractivity contribution in [3.63, 3.8) is 0 Å². The van der Waals surface area contributed by atoms with Crippen LogP contribution in [0.15, 0.2) is 24.0 Å². The molecule has 7 heteroatoms. The normalized spacial score (nSPS) is 21.8. The smallest absolute Gasteiger partial charge is 0.370 e. The minimum absolute atomic E-state index is 0.251. The molecule has 0 radical (unpaired) electrons. The number of hydrogen-bond donors (Lipinski definition) is 0. The van der Waals surface area contributed by atoms with Gasteiger partial charge in [-0.15, -0.1) is 0 Å². The topological polar surface area (TPSA) is 38.2 Å². The maximum atomic E-state index is 12.7. The monoisotopic (exact) mass is 313 g/mol. The molecule has 22 heavy (non-hydrogen) atoms. The molecule has 0 aliphatic carbocycles. The molecule has 1 aromatic rings. The van der Waals surface area contributed by atoms with E-state index in [1.165, 1.54) is 5.57 Å². The fourth-order valence-corrected chi connectivity index (χ4v) is 3.06. The van der Waals surface area contributed by atoms with E-state index in [2.05, 4.69) is 23.0 Å². The molecule has 2 aliphatic rings. The van der Waals surface area contributed by atoms with Crippen molar-refractivity contribution in [3.05, 3.63) is 29.7 Å². The zero-order valence-corrected chi connectivity index (χ0v) is 12.4. The highest BCUT2D eigenvalue weighted by Gasteiger charge is 2.37. The lowest BCUT2D eigenvalue weighted by molar-refractivity contribution is -0.141. The molecule has 0 aromatic carbocycles. The van der Waals surface area contributed by atoms with Gasteiger partial charge in [0.15, 0.2) is 0 Å². The summed E-state index contributed by atoms with van der Waals surface area (Å²) >= 11 is 0. The van der Waals surface area contributed by atoms with Gasteiger partial charge in [-0.1, -0.05) is 11.6 Å². The molecule has 0 N–H and O–H groups in total. The molecule has 1 fully saturated rings. The van der Waals surface area contributed by atoms with Crippen molar-refractivity contribution in [1.82, 2.24) is 9.97 Å². The Balaban J connectivity index is 1.73. The molecule has 0 bridgehead atoms. The fourth-order valence-electron chi connectivity index (χ4n) is 3.06. The highest BCUT2D eigenvalue weighted by Crippen LogP contribution is 2.35. The van der Waals surface area contributed by atoms with Gasteiger partial charge in [-0.05, 0) is 26.2 Å². The Kier molecular flexibility index (Phi) is 3.84. The summed E-state index contributed by atoms with van der Waals surface area (Å²) in [5.74, 6) is 0.327. The van der Waals surface area contributed by atoms with Gasteiger partial charge in [-0.2, -0.15) is 13.2 Å². The zero-order valence-electron chi connectivity index (χ0n) is 12.4. The van der Waals surface area contributed by atoms with E-state index < -0.39 is 11.9 Å². The van der Waals surface area contributed by atoms with Crippen molar-refractivity contribution in [2.75, 3.05) is 24.6 Å². The molecule has 0 amide bonds. The SMILES string of the molecule is CC1=CC2(CCN(c3cc(C(F)(F)F)ncn3)CC2)OCC1. The quantitative estimate of drug-likeness (QED) is 0.746. The minimum Gasteiger partial charge on any atom is -0.370 e. The fraction of sp³-hybridized carbons (Fsp3) is 0.600. The number of alkyl halides is 3. The number of aromatic nitrogens is 2. The van der Waals surface area contributed by atoms with E-state index in [-0.39, 0.29) is 5.60 Å². The minimum atomic E-state index is -4.44. The van der Waals surface area contributed by atoms with Crippen molar-refractivity contribution >= 4 is 5.82 Å². The van der Waals surface area contributed by atoms with Gasteiger partial charge in [-0.25, -0.2) is 9.97 Å². The highest BCUT2D eigenvalue weighted by atomic mass is 19.4. The lowest BCUT2D eigenvalue weighted by Crippen LogP contribution is -2.46. The Morgan fingerprint density at radius 2 is 1.95 bits per heavy atom. The molecular formula is C15H18F3N3O. The van der Waals surface area contributed by atoms with E-state index >= 15 is 0 Å². The summed E-state index contributed by atoms with van der Waals surface area (Å²) in [5, 5.41) is 0. The van der Waals surface area contributed by atoms with Crippen LogP contribution in [-0.2, 0) is 10.9 Å². The van der Waals surface area contributed by atoms with Crippen LogP contribution in [0.5, 0.6) is 0 Å². The molecule has 120 valence electrons. The third-order valence-corrected chi connectivity index (χ3v) is 4.27. The third-order valence-electron chi connectivity index (χ3n) is 4.27. The summed E-state index contributed by atoms with van der Waals surface area (Å²) in [4.78, 5) is 9.15. The summed E-state index contributed by atoms with van der Waals surface area (Å²) in [7, 11) is 0. The first-order valence-electron chi connectivity index (χ1n) is 7.34. The zero-order chi connectivity index (χ0) is 15.8. The van der Waals surface area contributed by atoms with Crippen LogP contribution >= 0.6 is 0 Å². The standard InChI is InChI=1S/C15H18F3N3O/c1-11-2-7-22-14(9-11)3-5-21(6-4-14)13-8-12(15(16,17)18)19-10-20-13/h8-10H,2-7H2,1H3. The van der Waals surface area contributed by atoms with Crippen molar-refractivity contribution in [3.8, 4) is 0 Å². The Labute approximate surface area is 127 Å². The third kappa shape index (κ3) is 3.09. The van der Waals surface area contributed by atoms with E-state index in [4.69, 9.17) is 4.74 Å². The molecule has 1 spiro atoms. The first-order chi connectivity index (χ1) is 10.4. The predicted octanol–water partition coefficient (Wildman–Crippen LogP) is 3.20. The number of ether oxygens (including phenoxy) is 1. The van der Waals surface area contributed by atoms with Crippen molar-refractivity contribution < 1.29 is 17.9 Å². The summed E-state index contributed by atoms with van der Waals surface area (Å²) < 4.78 is 44.1. The molecular weight excluding hydrogens is 295 g/mol. The van der Waals surface area contributed by atoms with E-state index in [9.17, 15) is 13.2 Å². The number of anilines is 1. The van der Waals surface area contributed by atoms with Crippen LogP contribution in [-0.4, -0.2) is 35.3 Å². The summed E-state index contributed by atoms with van der Waals surface area (Å²) in [6.45, 7) is 4.06. The molecule has 1 aromatic heterocycles. The Bertz CT molecular complexity index is 578. The van der Waals surface area contributed by atoms with Crippen LogP contribution < -0.4 is 4.90 Å². The van der Waals surface area contributed by atoms with E-state index in [1.807, 2.05) is 4.90 Å². The van der Waals surface area contributed by atoms with Gasteiger partial charge >= 0.3 is 6.18 Å². The van der Waals surface area contributed by atoms with Gasteiger partial charge in [0.05, 0.1) is 12.2 Å². The second kappa shape index (κ2) is 5.53. The first kappa shape index (κ1) is 15.3. The van der Waals surface area contributed by atoms with Gasteiger partial charge in [-0.3, -0.25) is 0 Å². The molecule has 0 unspecified atom stereocenters. The Hall–Kier alpha value is -1.63. The van der Waals surface area contributed by atoms with Crippen LogP contribution in [0.25, 0.3) is 0 Å². The van der Waals surface area contributed by atoms with Gasteiger partial charge in [0.2, 0.25) is 0 Å². The maximum absolute atomic E-state index is 12.7. The number of piperidine rings is 1. The number of rotatable bonds is 1. The van der Waals surface area contributed by atoms with Crippen LogP contribution in [0.3, 0.4) is 0 Å². The lowest BCUT2D eigenvalue weighted by Gasteiger charge is -2.42. The summed E-state index contributed by atoms with van der Waals surface area (Å²) in [5.41, 5.74) is 0.169. The van der Waals surface area contributed by atoms with Crippen molar-refractivity contribution in [2.45, 2.75) is 38.0 Å². The highest BCUT2D eigenvalue weighted by molar-refractivity contribution is 5.40. The first-order valence-corrected chi connectivity index (χ1v) is 7.34. The van der Waals surface area contributed by atoms with E-state index in [0.717, 1.165) is 31.7 Å². The van der Waals surface area contributed by atoms with Gasteiger partial charge in [0.25, 0.3) is 0 Å². The molecule has 1 saturated heterocycles. The van der Waals surface area contributed by atoms with Crippen LogP contribution in [0.1, 0.15) is 31.9 Å². The average Bonchev–Trinajstić information content (AvgIpc) is 2.47. The lowest BCUT2D eigenvalue weighted by atomic mass is 9.87. The van der Waals surface area contributed by atoms with Gasteiger partial charge in [0, 0.05) is 19.2 Å². The molecule has 3 heterocycles. The van der Waals surface area contributed by atoms with Gasteiger partial charge in [0.1, 0.15) is 17.8 Å². The van der Waals surface area contributed by atoms with E-state index in [1.54, 1.807) is 0 Å². The van der Waals surface area contributed by atoms with Crippen molar-refractivity contribution in [2.24, 2.45) is 0 Å². The summed E-state index contributed by atoms with van der Waals surface area (Å²) in [6.07, 6.45) is 1.18. The average molecular weight is 313 g/mol. The maximum Gasteiger partial charge on any atom is 0.433 e. The van der Waals surface area contributed by atoms with Crippen LogP contribution in [0.2, 0.25) is 0 Å². The summed E-state index contributed by atoms with van der Waals surface area (Å²) in [6, 6.07) is 1.01. The Morgan fingerprint density at radius 3 is 2.59 bits per heavy atom. The molecule has 2 aliphatic heterocycles. The second-order valence-corrected chi connectivity index (χ2v) is 5.90. The van der Waals surface area contributed by atoms with Crippen LogP contribution in [0.4, 0.5) is 19.0 Å². The number of hydrogen-bond acceptors (Lipinski definition) is 4. The second-order valence-electron chi connectivity index (χ2n) is 5.90.